The van der Waals surface area contributed by atoms with Crippen molar-refractivity contribution in [1.29, 1.82) is 0 Å². The third-order valence-electron chi connectivity index (χ3n) is 11.7. The number of nitrogens with one attached hydrogen (secondary N) is 1. The van der Waals surface area contributed by atoms with Crippen LogP contribution in [0.15, 0.2) is 85.1 Å². The van der Waals surface area contributed by atoms with Gasteiger partial charge in [-0.2, -0.15) is 0 Å². The zero-order valence-electron chi connectivity index (χ0n) is 40.5. The highest BCUT2D eigenvalue weighted by Gasteiger charge is 2.44. The fourth-order valence-electron chi connectivity index (χ4n) is 7.65. The van der Waals surface area contributed by atoms with Crippen LogP contribution in [0.2, 0.25) is 0 Å². The molecule has 6 N–H and O–H groups in total. The maximum atomic E-state index is 13.0. The van der Waals surface area contributed by atoms with Crippen molar-refractivity contribution in [3.05, 3.63) is 85.1 Å². The number of unbranched alkanes of at least 4 members (excludes halogenated alkanes) is 20. The van der Waals surface area contributed by atoms with E-state index in [-0.39, 0.29) is 18.9 Å². The highest BCUT2D eigenvalue weighted by Crippen LogP contribution is 2.23. The summed E-state index contributed by atoms with van der Waals surface area (Å²) in [6, 6.07) is -0.851. The Morgan fingerprint density at radius 2 is 0.969 bits per heavy atom. The minimum Gasteiger partial charge on any atom is -0.394 e. The van der Waals surface area contributed by atoms with Crippen molar-refractivity contribution >= 4 is 5.91 Å². The van der Waals surface area contributed by atoms with Crippen LogP contribution < -0.4 is 5.32 Å². The molecule has 1 amide bonds. The van der Waals surface area contributed by atoms with E-state index in [4.69, 9.17) is 9.47 Å². The lowest BCUT2D eigenvalue weighted by atomic mass is 9.99. The molecule has 1 saturated heterocycles. The summed E-state index contributed by atoms with van der Waals surface area (Å²) in [5.41, 5.74) is 0. The summed E-state index contributed by atoms with van der Waals surface area (Å²) in [5, 5.41) is 54.3. The molecule has 0 saturated carbocycles. The maximum Gasteiger partial charge on any atom is 0.220 e. The van der Waals surface area contributed by atoms with Gasteiger partial charge in [0.05, 0.1) is 25.4 Å². The Bertz CT molecular complexity index is 1270. The maximum absolute atomic E-state index is 13.0. The first kappa shape index (κ1) is 59.4. The Morgan fingerprint density at radius 1 is 0.547 bits per heavy atom. The van der Waals surface area contributed by atoms with E-state index in [0.717, 1.165) is 57.8 Å². The van der Waals surface area contributed by atoms with E-state index in [1.54, 1.807) is 6.08 Å². The smallest absolute Gasteiger partial charge is 0.220 e. The molecule has 0 aromatic rings. The van der Waals surface area contributed by atoms with Gasteiger partial charge in [0.1, 0.15) is 24.4 Å². The molecule has 1 heterocycles. The molecule has 1 aliphatic heterocycles. The normalized spacial score (nSPS) is 20.8. The molecule has 1 aliphatic rings. The van der Waals surface area contributed by atoms with E-state index in [2.05, 4.69) is 79.9 Å². The zero-order valence-corrected chi connectivity index (χ0v) is 40.5. The van der Waals surface area contributed by atoms with Crippen LogP contribution in [-0.2, 0) is 14.3 Å². The highest BCUT2D eigenvalue weighted by molar-refractivity contribution is 5.76. The van der Waals surface area contributed by atoms with E-state index in [1.165, 1.54) is 116 Å². The molecule has 7 atom stereocenters. The Labute approximate surface area is 391 Å². The van der Waals surface area contributed by atoms with Gasteiger partial charge >= 0.3 is 0 Å². The summed E-state index contributed by atoms with van der Waals surface area (Å²) >= 11 is 0. The Morgan fingerprint density at radius 3 is 1.41 bits per heavy atom. The van der Waals surface area contributed by atoms with Gasteiger partial charge in [-0.15, -0.1) is 0 Å². The second-order valence-electron chi connectivity index (χ2n) is 17.6. The van der Waals surface area contributed by atoms with Crippen molar-refractivity contribution in [3.63, 3.8) is 0 Å². The van der Waals surface area contributed by atoms with Crippen LogP contribution in [0.25, 0.3) is 0 Å². The number of hydrogen-bond donors (Lipinski definition) is 6. The molecule has 0 radical (unpaired) electrons. The summed E-state index contributed by atoms with van der Waals surface area (Å²) in [6.07, 6.45) is 55.0. The first-order chi connectivity index (χ1) is 31.3. The molecular weight excluding hydrogens is 803 g/mol. The molecule has 1 fully saturated rings. The topological polar surface area (TPSA) is 149 Å². The molecule has 0 aliphatic carbocycles. The van der Waals surface area contributed by atoms with Gasteiger partial charge in [-0.25, -0.2) is 0 Å². The first-order valence-electron chi connectivity index (χ1n) is 25.8. The number of amides is 1. The molecule has 368 valence electrons. The van der Waals surface area contributed by atoms with Gasteiger partial charge in [0.15, 0.2) is 6.29 Å². The van der Waals surface area contributed by atoms with Crippen LogP contribution in [-0.4, -0.2) is 87.5 Å². The Kier molecular flexibility index (Phi) is 41.0. The molecule has 0 spiro atoms. The van der Waals surface area contributed by atoms with Gasteiger partial charge < -0.3 is 40.3 Å². The summed E-state index contributed by atoms with van der Waals surface area (Å²) < 4.78 is 11.2. The first-order valence-corrected chi connectivity index (χ1v) is 25.8. The van der Waals surface area contributed by atoms with E-state index < -0.39 is 49.5 Å². The second-order valence-corrected chi connectivity index (χ2v) is 17.6. The van der Waals surface area contributed by atoms with Crippen LogP contribution in [0, 0.1) is 0 Å². The molecule has 64 heavy (non-hydrogen) atoms. The molecular formula is C55H95NO8. The number of aliphatic hydroxyl groups excluding tert-OH is 5. The minimum absolute atomic E-state index is 0.217. The second kappa shape index (κ2) is 44.2. The summed E-state index contributed by atoms with van der Waals surface area (Å²) in [4.78, 5) is 13.0. The molecule has 0 aromatic heterocycles. The summed E-state index contributed by atoms with van der Waals surface area (Å²) in [7, 11) is 0. The van der Waals surface area contributed by atoms with E-state index in [9.17, 15) is 30.3 Å². The number of carbonyl (C=O) groups excluding carboxylic acids is 1. The van der Waals surface area contributed by atoms with E-state index in [1.807, 2.05) is 18.2 Å². The predicted octanol–water partition coefficient (Wildman–Crippen LogP) is 11.9. The average molecular weight is 898 g/mol. The number of ether oxygens (including phenoxy) is 2. The molecule has 1 rings (SSSR count). The van der Waals surface area contributed by atoms with Crippen molar-refractivity contribution in [2.75, 3.05) is 13.2 Å². The van der Waals surface area contributed by atoms with Gasteiger partial charge in [0.25, 0.3) is 0 Å². The summed E-state index contributed by atoms with van der Waals surface area (Å²) in [6.45, 7) is 3.62. The van der Waals surface area contributed by atoms with Crippen LogP contribution in [0.3, 0.4) is 0 Å². The van der Waals surface area contributed by atoms with Gasteiger partial charge in [-0.1, -0.05) is 221 Å². The monoisotopic (exact) mass is 898 g/mol. The number of aliphatic hydroxyl groups is 5. The van der Waals surface area contributed by atoms with Gasteiger partial charge in [-0.05, 0) is 57.8 Å². The molecule has 0 bridgehead atoms. The van der Waals surface area contributed by atoms with Crippen molar-refractivity contribution in [3.8, 4) is 0 Å². The fourth-order valence-corrected chi connectivity index (χ4v) is 7.65. The SMILES string of the molecule is CC/C=C\C/C=C\C/C=C\C/C=C\C/C=C\C/C=C\CCC(=O)NC(COC1OC(CO)C(O)C(O)C1O)C(O)/C=C/CCCCCCCCCCCCCCCCCCCCCC. The zero-order chi connectivity index (χ0) is 46.6. The fraction of sp³-hybridized carbons (Fsp3) is 0.727. The van der Waals surface area contributed by atoms with Gasteiger partial charge in [0.2, 0.25) is 5.91 Å². The molecule has 9 heteroatoms. The van der Waals surface area contributed by atoms with Crippen molar-refractivity contribution < 1.29 is 39.8 Å². The average Bonchev–Trinajstić information content (AvgIpc) is 3.29. The number of hydrogen-bond acceptors (Lipinski definition) is 8. The lowest BCUT2D eigenvalue weighted by molar-refractivity contribution is -0.302. The number of rotatable bonds is 42. The van der Waals surface area contributed by atoms with Crippen LogP contribution in [0.5, 0.6) is 0 Å². The van der Waals surface area contributed by atoms with Gasteiger partial charge in [-0.3, -0.25) is 4.79 Å². The Hall–Kier alpha value is -2.63. The standard InChI is InChI=1S/C55H95NO8/c1-3-5-7-9-11-13-15-17-19-21-23-24-25-27-28-30-32-34-36-38-40-42-44-49(58)48(47-63-55-54(62)53(61)52(60)50(46-57)64-55)56-51(59)45-43-41-39-37-35-33-31-29-26-22-20-18-16-14-12-10-8-6-4-2/h6,8,12,14,18,20,26,29,33,35,39,41-42,44,48-50,52-55,57-58,60-62H,3-5,7,9-11,13,15-17,19,21-25,27-28,30-32,34,36-38,40,43,45-47H2,1-2H3,(H,56,59)/b8-6-,14-12-,20-18-,29-26-,35-33-,41-39-,44-42+. The number of carbonyl (C=O) groups is 1. The van der Waals surface area contributed by atoms with Crippen molar-refractivity contribution in [1.82, 2.24) is 5.32 Å². The largest absolute Gasteiger partial charge is 0.394 e. The lowest BCUT2D eigenvalue weighted by Crippen LogP contribution is -2.60. The molecule has 9 nitrogen and oxygen atoms in total. The predicted molar refractivity (Wildman–Crippen MR) is 267 cm³/mol. The minimum atomic E-state index is -1.58. The highest BCUT2D eigenvalue weighted by atomic mass is 16.7. The van der Waals surface area contributed by atoms with Crippen molar-refractivity contribution in [2.45, 2.75) is 243 Å². The van der Waals surface area contributed by atoms with Crippen LogP contribution in [0.1, 0.15) is 200 Å². The van der Waals surface area contributed by atoms with Gasteiger partial charge in [0, 0.05) is 6.42 Å². The van der Waals surface area contributed by atoms with Crippen molar-refractivity contribution in [2.24, 2.45) is 0 Å². The lowest BCUT2D eigenvalue weighted by Gasteiger charge is -2.40. The third-order valence-corrected chi connectivity index (χ3v) is 11.7. The van der Waals surface area contributed by atoms with Crippen LogP contribution in [0.4, 0.5) is 0 Å². The van der Waals surface area contributed by atoms with E-state index in [0.29, 0.717) is 6.42 Å². The number of allylic oxidation sites excluding steroid dienone is 13. The van der Waals surface area contributed by atoms with E-state index >= 15 is 0 Å². The molecule has 0 aromatic carbocycles. The van der Waals surface area contributed by atoms with Crippen LogP contribution >= 0.6 is 0 Å². The summed E-state index contributed by atoms with van der Waals surface area (Å²) in [5.74, 6) is -0.261. The molecule has 7 unspecified atom stereocenters. The quantitative estimate of drug-likeness (QED) is 0.0262. The third kappa shape index (κ3) is 33.8. The Balaban J connectivity index is 2.36.